The lowest BCUT2D eigenvalue weighted by Crippen LogP contribution is -1.93. The van der Waals surface area contributed by atoms with Gasteiger partial charge in [-0.1, -0.05) is 6.08 Å². The van der Waals surface area contributed by atoms with Crippen LogP contribution < -0.4 is 0 Å². The summed E-state index contributed by atoms with van der Waals surface area (Å²) in [7, 11) is 0. The third-order valence-electron chi connectivity index (χ3n) is 1.47. The van der Waals surface area contributed by atoms with Crippen molar-refractivity contribution in [3.05, 3.63) is 23.6 Å². The molecule has 0 atom stereocenters. The number of halogens is 2. The maximum Gasteiger partial charge on any atom is 0.226 e. The fourth-order valence-electron chi connectivity index (χ4n) is 1.01. The molecular weight excluding hydrogens is 167 g/mol. The highest BCUT2D eigenvalue weighted by Gasteiger charge is 2.06. The third-order valence-corrected chi connectivity index (χ3v) is 1.61. The Hall–Kier alpha value is -0.630. The summed E-state index contributed by atoms with van der Waals surface area (Å²) in [6, 6.07) is 0. The van der Waals surface area contributed by atoms with Crippen LogP contribution in [0.5, 0.6) is 0 Å². The Balaban J connectivity index is 2.59. The number of hydrogen-bond donors (Lipinski definition) is 0. The summed E-state index contributed by atoms with van der Waals surface area (Å²) in [5, 5.41) is -0.442. The van der Waals surface area contributed by atoms with Crippen molar-refractivity contribution in [1.82, 2.24) is 0 Å². The summed E-state index contributed by atoms with van der Waals surface area (Å²) in [5.41, 5.74) is 0.689. The molecule has 1 aliphatic rings. The van der Waals surface area contributed by atoms with Crippen LogP contribution in [0.3, 0.4) is 0 Å². The van der Waals surface area contributed by atoms with Crippen molar-refractivity contribution in [3.8, 4) is 0 Å². The number of carbonyl (C=O) groups is 1. The van der Waals surface area contributed by atoms with Crippen molar-refractivity contribution >= 4 is 16.8 Å². The summed E-state index contributed by atoms with van der Waals surface area (Å²) >= 11 is 5.13. The van der Waals surface area contributed by atoms with Crippen LogP contribution in [-0.2, 0) is 4.79 Å². The molecular formula is C8H8ClFO. The van der Waals surface area contributed by atoms with E-state index in [1.54, 1.807) is 0 Å². The van der Waals surface area contributed by atoms with Crippen LogP contribution in [0.1, 0.15) is 19.3 Å². The van der Waals surface area contributed by atoms with Gasteiger partial charge in [0.15, 0.2) is 0 Å². The van der Waals surface area contributed by atoms with Crippen molar-refractivity contribution in [2.75, 3.05) is 0 Å². The summed E-state index contributed by atoms with van der Waals surface area (Å²) in [6.45, 7) is 0. The highest BCUT2D eigenvalue weighted by molar-refractivity contribution is 6.63. The quantitative estimate of drug-likeness (QED) is 0.589. The third kappa shape index (κ3) is 2.85. The Morgan fingerprint density at radius 1 is 1.73 bits per heavy atom. The fraction of sp³-hybridized carbons (Fsp3) is 0.375. The molecule has 0 heterocycles. The lowest BCUT2D eigenvalue weighted by molar-refractivity contribution is -0.111. The molecule has 0 amide bonds. The molecule has 60 valence electrons. The van der Waals surface area contributed by atoms with E-state index in [0.29, 0.717) is 18.4 Å². The largest absolute Gasteiger partial charge is 0.281 e. The van der Waals surface area contributed by atoms with Crippen molar-refractivity contribution in [3.63, 3.8) is 0 Å². The Morgan fingerprint density at radius 2 is 2.45 bits per heavy atom. The first-order valence-corrected chi connectivity index (χ1v) is 3.79. The minimum Gasteiger partial charge on any atom is -0.281 e. The van der Waals surface area contributed by atoms with Crippen LogP contribution in [-0.4, -0.2) is 5.24 Å². The van der Waals surface area contributed by atoms with Gasteiger partial charge in [0.05, 0.1) is 0 Å². The minimum atomic E-state index is -0.442. The molecule has 0 aromatic carbocycles. The summed E-state index contributed by atoms with van der Waals surface area (Å²) in [6.07, 6.45) is 4.46. The van der Waals surface area contributed by atoms with Gasteiger partial charge in [-0.15, -0.1) is 0 Å². The normalized spacial score (nSPS) is 17.3. The Kier molecular flexibility index (Phi) is 2.83. The van der Waals surface area contributed by atoms with Gasteiger partial charge in [0.2, 0.25) is 5.24 Å². The molecule has 1 rings (SSSR count). The number of rotatable bonds is 2. The second kappa shape index (κ2) is 3.67. The fourth-order valence-corrected chi connectivity index (χ4v) is 1.17. The van der Waals surface area contributed by atoms with Gasteiger partial charge in [0, 0.05) is 12.8 Å². The van der Waals surface area contributed by atoms with Crippen molar-refractivity contribution < 1.29 is 9.18 Å². The first-order chi connectivity index (χ1) is 5.18. The van der Waals surface area contributed by atoms with E-state index in [0.717, 1.165) is 0 Å². The highest BCUT2D eigenvalue weighted by atomic mass is 35.5. The highest BCUT2D eigenvalue weighted by Crippen LogP contribution is 2.20. The molecule has 0 radical (unpaired) electrons. The van der Waals surface area contributed by atoms with Crippen LogP contribution in [0, 0.1) is 0 Å². The monoisotopic (exact) mass is 174 g/mol. The molecule has 0 fully saturated rings. The first kappa shape index (κ1) is 8.47. The second-order valence-electron chi connectivity index (χ2n) is 2.44. The molecule has 0 N–H and O–H groups in total. The SMILES string of the molecule is O=C(Cl)CC1=CCCC(F)=C1. The van der Waals surface area contributed by atoms with Crippen molar-refractivity contribution in [2.24, 2.45) is 0 Å². The molecule has 0 aromatic rings. The van der Waals surface area contributed by atoms with Crippen LogP contribution >= 0.6 is 11.6 Å². The van der Waals surface area contributed by atoms with E-state index in [4.69, 9.17) is 11.6 Å². The van der Waals surface area contributed by atoms with Gasteiger partial charge in [0.1, 0.15) is 5.83 Å². The zero-order valence-corrected chi connectivity index (χ0v) is 6.70. The summed E-state index contributed by atoms with van der Waals surface area (Å²) < 4.78 is 12.6. The molecule has 0 spiro atoms. The van der Waals surface area contributed by atoms with Gasteiger partial charge in [-0.3, -0.25) is 4.79 Å². The molecule has 0 saturated heterocycles. The Labute approximate surface area is 69.5 Å². The number of hydrogen-bond acceptors (Lipinski definition) is 1. The number of carbonyl (C=O) groups excluding carboxylic acids is 1. The smallest absolute Gasteiger partial charge is 0.226 e. The topological polar surface area (TPSA) is 17.1 Å². The molecule has 0 bridgehead atoms. The summed E-state index contributed by atoms with van der Waals surface area (Å²) in [4.78, 5) is 10.4. The second-order valence-corrected chi connectivity index (χ2v) is 2.86. The van der Waals surface area contributed by atoms with E-state index in [1.807, 2.05) is 6.08 Å². The van der Waals surface area contributed by atoms with E-state index in [-0.39, 0.29) is 12.2 Å². The molecule has 11 heavy (non-hydrogen) atoms. The van der Waals surface area contributed by atoms with Crippen LogP contribution in [0.15, 0.2) is 23.6 Å². The molecule has 3 heteroatoms. The van der Waals surface area contributed by atoms with E-state index in [9.17, 15) is 9.18 Å². The maximum atomic E-state index is 12.6. The average molecular weight is 175 g/mol. The zero-order valence-electron chi connectivity index (χ0n) is 5.94. The van der Waals surface area contributed by atoms with Gasteiger partial charge in [-0.2, -0.15) is 0 Å². The van der Waals surface area contributed by atoms with Crippen molar-refractivity contribution in [1.29, 1.82) is 0 Å². The average Bonchev–Trinajstić information content (AvgIpc) is 1.85. The number of allylic oxidation sites excluding steroid dienone is 4. The van der Waals surface area contributed by atoms with E-state index < -0.39 is 5.24 Å². The van der Waals surface area contributed by atoms with Gasteiger partial charge in [0.25, 0.3) is 0 Å². The molecule has 1 nitrogen and oxygen atoms in total. The van der Waals surface area contributed by atoms with E-state index in [2.05, 4.69) is 0 Å². The van der Waals surface area contributed by atoms with Gasteiger partial charge < -0.3 is 0 Å². The lowest BCUT2D eigenvalue weighted by Gasteiger charge is -2.05. The molecule has 0 aromatic heterocycles. The molecule has 0 aliphatic heterocycles. The Morgan fingerprint density at radius 3 is 3.00 bits per heavy atom. The summed E-state index contributed by atoms with van der Waals surface area (Å²) in [5.74, 6) is -0.166. The van der Waals surface area contributed by atoms with Gasteiger partial charge in [-0.05, 0) is 29.7 Å². The van der Waals surface area contributed by atoms with Gasteiger partial charge in [-0.25, -0.2) is 4.39 Å². The van der Waals surface area contributed by atoms with Crippen molar-refractivity contribution in [2.45, 2.75) is 19.3 Å². The lowest BCUT2D eigenvalue weighted by atomic mass is 10.0. The van der Waals surface area contributed by atoms with Gasteiger partial charge >= 0.3 is 0 Å². The molecule has 0 unspecified atom stereocenters. The van der Waals surface area contributed by atoms with Crippen LogP contribution in [0.4, 0.5) is 4.39 Å². The Bertz CT molecular complexity index is 230. The predicted molar refractivity (Wildman–Crippen MR) is 42.0 cm³/mol. The maximum absolute atomic E-state index is 12.6. The molecule has 1 aliphatic carbocycles. The predicted octanol–water partition coefficient (Wildman–Crippen LogP) is 2.72. The van der Waals surface area contributed by atoms with Crippen LogP contribution in [0.25, 0.3) is 0 Å². The molecule has 0 saturated carbocycles. The van der Waals surface area contributed by atoms with Crippen LogP contribution in [0.2, 0.25) is 0 Å². The van der Waals surface area contributed by atoms with E-state index in [1.165, 1.54) is 6.08 Å². The zero-order chi connectivity index (χ0) is 8.27. The standard InChI is InChI=1S/C8H8ClFO/c9-8(11)5-6-2-1-3-7(10)4-6/h2,4H,1,3,5H2. The minimum absolute atomic E-state index is 0.134. The first-order valence-electron chi connectivity index (χ1n) is 3.42. The van der Waals surface area contributed by atoms with E-state index >= 15 is 0 Å².